The molecule has 0 unspecified atom stereocenters. The van der Waals surface area contributed by atoms with E-state index in [9.17, 15) is 13.2 Å². The second kappa shape index (κ2) is 9.17. The van der Waals surface area contributed by atoms with Crippen molar-refractivity contribution in [3.63, 3.8) is 0 Å². The maximum atomic E-state index is 12.4. The molecule has 2 aromatic rings. The Bertz CT molecular complexity index is 1040. The summed E-state index contributed by atoms with van der Waals surface area (Å²) < 4.78 is 36.2. The lowest BCUT2D eigenvalue weighted by atomic mass is 10.1. The van der Waals surface area contributed by atoms with Crippen LogP contribution in [0.3, 0.4) is 0 Å². The van der Waals surface area contributed by atoms with Crippen molar-refractivity contribution in [1.29, 1.82) is 5.26 Å². The van der Waals surface area contributed by atoms with Gasteiger partial charge in [-0.25, -0.2) is 17.5 Å². The van der Waals surface area contributed by atoms with Crippen molar-refractivity contribution < 1.29 is 22.7 Å². The van der Waals surface area contributed by atoms with E-state index in [1.165, 1.54) is 45.5 Å². The summed E-state index contributed by atoms with van der Waals surface area (Å²) in [6, 6.07) is 13.4. The van der Waals surface area contributed by atoms with Gasteiger partial charge in [0.1, 0.15) is 17.3 Å². The number of rotatable bonds is 7. The average Bonchev–Trinajstić information content (AvgIpc) is 2.70. The summed E-state index contributed by atoms with van der Waals surface area (Å²) in [5.74, 6) is -0.401. The van der Waals surface area contributed by atoms with Gasteiger partial charge in [0, 0.05) is 25.7 Å². The Labute approximate surface area is 164 Å². The molecule has 0 spiro atoms. The van der Waals surface area contributed by atoms with E-state index in [0.717, 1.165) is 4.31 Å². The molecule has 0 N–H and O–H groups in total. The number of carbonyl (C=O) groups is 1. The van der Waals surface area contributed by atoms with Crippen LogP contribution in [-0.4, -0.2) is 39.9 Å². The first-order chi connectivity index (χ1) is 13.3. The molecule has 2 rings (SSSR count). The molecule has 8 heteroatoms. The summed E-state index contributed by atoms with van der Waals surface area (Å²) in [5.41, 5.74) is 1.54. The summed E-state index contributed by atoms with van der Waals surface area (Å²) in [6.07, 6.45) is 2.65. The first-order valence-electron chi connectivity index (χ1n) is 8.23. The quantitative estimate of drug-likeness (QED) is 0.523. The third-order valence-electron chi connectivity index (χ3n) is 3.87. The number of sulfonamides is 1. The lowest BCUT2D eigenvalue weighted by Gasteiger charge is -2.14. The van der Waals surface area contributed by atoms with Crippen LogP contribution in [0, 0.1) is 11.3 Å². The zero-order valence-corrected chi connectivity index (χ0v) is 16.6. The molecular weight excluding hydrogens is 380 g/mol. The summed E-state index contributed by atoms with van der Waals surface area (Å²) in [6.45, 7) is -0.0320. The molecule has 0 bridgehead atoms. The molecule has 0 aliphatic heterocycles. The van der Waals surface area contributed by atoms with Crippen molar-refractivity contribution in [1.82, 2.24) is 4.31 Å². The maximum Gasteiger partial charge on any atom is 0.331 e. The molecule has 0 amide bonds. The second-order valence-corrected chi connectivity index (χ2v) is 8.03. The summed E-state index contributed by atoms with van der Waals surface area (Å²) >= 11 is 0. The molecule has 0 aromatic heterocycles. The normalized spacial score (nSPS) is 11.4. The van der Waals surface area contributed by atoms with E-state index in [4.69, 9.17) is 14.7 Å². The van der Waals surface area contributed by atoms with E-state index in [1.807, 2.05) is 6.07 Å². The fraction of sp³-hybridized carbons (Fsp3) is 0.200. The van der Waals surface area contributed by atoms with Gasteiger partial charge in [0.25, 0.3) is 0 Å². The fourth-order valence-corrected chi connectivity index (χ4v) is 3.40. The second-order valence-electron chi connectivity index (χ2n) is 5.91. The van der Waals surface area contributed by atoms with Crippen LogP contribution < -0.4 is 4.74 Å². The number of ether oxygens (including phenoxy) is 2. The number of hydrogen-bond donors (Lipinski definition) is 0. The molecule has 0 fully saturated rings. The van der Waals surface area contributed by atoms with E-state index in [0.29, 0.717) is 16.7 Å². The number of methoxy groups -OCH3 is 1. The number of carbonyl (C=O) groups excluding carboxylic acids is 1. The highest BCUT2D eigenvalue weighted by molar-refractivity contribution is 7.89. The highest BCUT2D eigenvalue weighted by atomic mass is 32.2. The zero-order valence-electron chi connectivity index (χ0n) is 15.7. The van der Waals surface area contributed by atoms with Gasteiger partial charge in [0.05, 0.1) is 18.7 Å². The lowest BCUT2D eigenvalue weighted by Crippen LogP contribution is -2.22. The van der Waals surface area contributed by atoms with Crippen molar-refractivity contribution in [2.24, 2.45) is 0 Å². The van der Waals surface area contributed by atoms with Crippen LogP contribution >= 0.6 is 0 Å². The molecule has 0 aliphatic carbocycles. The number of esters is 1. The predicted molar refractivity (Wildman–Crippen MR) is 104 cm³/mol. The minimum atomic E-state index is -3.71. The molecule has 0 heterocycles. The van der Waals surface area contributed by atoms with Gasteiger partial charge in [-0.1, -0.05) is 24.3 Å². The van der Waals surface area contributed by atoms with Gasteiger partial charge in [-0.15, -0.1) is 0 Å². The van der Waals surface area contributed by atoms with Crippen LogP contribution in [-0.2, 0) is 26.2 Å². The predicted octanol–water partition coefficient (Wildman–Crippen LogP) is 2.57. The van der Waals surface area contributed by atoms with Gasteiger partial charge in [0.2, 0.25) is 10.0 Å². The van der Waals surface area contributed by atoms with Crippen molar-refractivity contribution >= 4 is 22.1 Å². The SMILES string of the molecule is COc1ccc(/C=C/C(=O)OCc2ccccc2C#N)cc1S(=O)(=O)N(C)C. The van der Waals surface area contributed by atoms with Gasteiger partial charge < -0.3 is 9.47 Å². The molecule has 0 atom stereocenters. The van der Waals surface area contributed by atoms with Crippen LogP contribution in [0.15, 0.2) is 53.4 Å². The molecule has 2 aromatic carbocycles. The first-order valence-corrected chi connectivity index (χ1v) is 9.67. The third-order valence-corrected chi connectivity index (χ3v) is 5.70. The standard InChI is InChI=1S/C20H20N2O5S/c1-22(2)28(24,25)19-12-15(8-10-18(19)26-3)9-11-20(23)27-14-17-7-5-4-6-16(17)13-21/h4-12H,14H2,1-3H3/b11-9+. The molecule has 0 radical (unpaired) electrons. The molecular formula is C20H20N2O5S. The Hall–Kier alpha value is -3.15. The molecule has 0 saturated carbocycles. The molecule has 0 aliphatic rings. The molecule has 28 heavy (non-hydrogen) atoms. The largest absolute Gasteiger partial charge is 0.495 e. The average molecular weight is 400 g/mol. The minimum absolute atomic E-state index is 0.00142. The molecule has 7 nitrogen and oxygen atoms in total. The van der Waals surface area contributed by atoms with Crippen molar-refractivity contribution in [2.75, 3.05) is 21.2 Å². The van der Waals surface area contributed by atoms with Crippen molar-refractivity contribution in [3.05, 3.63) is 65.2 Å². The van der Waals surface area contributed by atoms with Crippen LogP contribution in [0.25, 0.3) is 6.08 Å². The summed E-state index contributed by atoms with van der Waals surface area (Å²) in [7, 11) is 0.527. The first kappa shape index (κ1) is 21.2. The molecule has 0 saturated heterocycles. The number of nitriles is 1. The van der Waals surface area contributed by atoms with E-state index in [-0.39, 0.29) is 17.3 Å². The van der Waals surface area contributed by atoms with Gasteiger partial charge in [-0.3, -0.25) is 0 Å². The van der Waals surface area contributed by atoms with Crippen molar-refractivity contribution in [3.8, 4) is 11.8 Å². The fourth-order valence-electron chi connectivity index (χ4n) is 2.31. The zero-order chi connectivity index (χ0) is 20.7. The smallest absolute Gasteiger partial charge is 0.331 e. The Morgan fingerprint density at radius 2 is 1.93 bits per heavy atom. The third kappa shape index (κ3) is 4.97. The van der Waals surface area contributed by atoms with Crippen LogP contribution in [0.2, 0.25) is 0 Å². The monoisotopic (exact) mass is 400 g/mol. The van der Waals surface area contributed by atoms with Crippen LogP contribution in [0.4, 0.5) is 0 Å². The van der Waals surface area contributed by atoms with E-state index >= 15 is 0 Å². The Morgan fingerprint density at radius 1 is 1.21 bits per heavy atom. The van der Waals surface area contributed by atoms with Crippen molar-refractivity contribution in [2.45, 2.75) is 11.5 Å². The van der Waals surface area contributed by atoms with Gasteiger partial charge in [0.15, 0.2) is 0 Å². The Morgan fingerprint density at radius 3 is 2.57 bits per heavy atom. The molecule has 146 valence electrons. The van der Waals surface area contributed by atoms with E-state index < -0.39 is 16.0 Å². The Kier molecular flexibility index (Phi) is 6.93. The number of hydrogen-bond acceptors (Lipinski definition) is 6. The number of benzene rings is 2. The lowest BCUT2D eigenvalue weighted by molar-refractivity contribution is -0.138. The van der Waals surface area contributed by atoms with Gasteiger partial charge >= 0.3 is 5.97 Å². The highest BCUT2D eigenvalue weighted by Crippen LogP contribution is 2.27. The highest BCUT2D eigenvalue weighted by Gasteiger charge is 2.22. The summed E-state index contributed by atoms with van der Waals surface area (Å²) in [4.78, 5) is 12.0. The van der Waals surface area contributed by atoms with E-state index in [1.54, 1.807) is 30.3 Å². The topological polar surface area (TPSA) is 96.7 Å². The summed E-state index contributed by atoms with van der Waals surface area (Å²) in [5, 5.41) is 9.04. The van der Waals surface area contributed by atoms with Gasteiger partial charge in [-0.2, -0.15) is 5.26 Å². The maximum absolute atomic E-state index is 12.4. The minimum Gasteiger partial charge on any atom is -0.495 e. The van der Waals surface area contributed by atoms with Gasteiger partial charge in [-0.05, 0) is 29.8 Å². The Balaban J connectivity index is 2.15. The van der Waals surface area contributed by atoms with E-state index in [2.05, 4.69) is 0 Å². The number of nitrogens with zero attached hydrogens (tertiary/aromatic N) is 2. The van der Waals surface area contributed by atoms with Crippen LogP contribution in [0.1, 0.15) is 16.7 Å². The van der Waals surface area contributed by atoms with Crippen LogP contribution in [0.5, 0.6) is 5.75 Å².